The van der Waals surface area contributed by atoms with Crippen molar-refractivity contribution >= 4 is 68.4 Å². The Bertz CT molecular complexity index is 1680. The van der Waals surface area contributed by atoms with Gasteiger partial charge < -0.3 is 9.84 Å². The maximum atomic E-state index is 14.5. The Kier molecular flexibility index (Phi) is 7.37. The van der Waals surface area contributed by atoms with Crippen molar-refractivity contribution in [2.45, 2.75) is 66.7 Å². The molecule has 4 amide bonds. The molecule has 0 bridgehead atoms. The minimum atomic E-state index is -2.16. The number of nitrogens with zero attached hydrogens (tertiary/aromatic N) is 2. The molecule has 4 fully saturated rings. The summed E-state index contributed by atoms with van der Waals surface area (Å²) in [6.45, 7) is 0. The number of imide groups is 2. The summed E-state index contributed by atoms with van der Waals surface area (Å²) in [5.74, 6) is -6.28. The first-order valence-electron chi connectivity index (χ1n) is 15.1. The number of rotatable bonds is 4. The number of hydrogen-bond donors (Lipinski definition) is 1. The molecule has 0 radical (unpaired) electrons. The van der Waals surface area contributed by atoms with E-state index in [-0.39, 0.29) is 53.4 Å². The number of phenolic OH excluding ortho intramolecular Hbond substituents is 1. The number of hydrogen-bond acceptors (Lipinski definition) is 6. The summed E-state index contributed by atoms with van der Waals surface area (Å²) < 4.78 is 19.8. The molecule has 2 aliphatic heterocycles. The van der Waals surface area contributed by atoms with Gasteiger partial charge in [0.15, 0.2) is 21.2 Å². The first-order chi connectivity index (χ1) is 21.4. The van der Waals surface area contributed by atoms with Gasteiger partial charge in [-0.25, -0.2) is 9.29 Å². The van der Waals surface area contributed by atoms with Gasteiger partial charge >= 0.3 is 0 Å². The molecule has 7 rings (SSSR count). The molecule has 0 unspecified atom stereocenters. The second-order valence-electron chi connectivity index (χ2n) is 12.6. The Morgan fingerprint density at radius 1 is 0.978 bits per heavy atom. The largest absolute Gasteiger partial charge is 0.504 e. The number of phenols is 1. The molecule has 2 heterocycles. The molecule has 2 saturated heterocycles. The average molecular weight is 720 g/mol. The van der Waals surface area contributed by atoms with Crippen LogP contribution in [0, 0.1) is 23.6 Å². The second kappa shape index (κ2) is 10.8. The monoisotopic (exact) mass is 718 g/mol. The van der Waals surface area contributed by atoms with Crippen LogP contribution in [0.5, 0.6) is 11.5 Å². The quantitative estimate of drug-likeness (QED) is 0.230. The molecular weight excluding hydrogens is 690 g/mol. The Morgan fingerprint density at radius 3 is 2.33 bits per heavy atom. The van der Waals surface area contributed by atoms with Crippen molar-refractivity contribution in [3.8, 4) is 11.5 Å². The number of fused-ring (bicyclic) bond motifs is 4. The minimum Gasteiger partial charge on any atom is -0.504 e. The number of carbonyl (C=O) groups excluding carboxylic acids is 4. The first kappa shape index (κ1) is 30.7. The smallest absolute Gasteiger partial charge is 0.258 e. The maximum absolute atomic E-state index is 14.5. The number of aromatic hydroxyl groups is 1. The zero-order valence-corrected chi connectivity index (χ0v) is 27.4. The molecule has 0 aromatic heterocycles. The Morgan fingerprint density at radius 2 is 1.67 bits per heavy atom. The zero-order valence-electron chi connectivity index (χ0n) is 24.3. The number of ether oxygens (including phenoxy) is 1. The van der Waals surface area contributed by atoms with Crippen LogP contribution >= 0.6 is 39.1 Å². The van der Waals surface area contributed by atoms with E-state index in [1.54, 1.807) is 12.1 Å². The lowest BCUT2D eigenvalue weighted by Crippen LogP contribution is -2.60. The molecule has 5 aliphatic rings. The third-order valence-electron chi connectivity index (χ3n) is 10.5. The number of amides is 4. The summed E-state index contributed by atoms with van der Waals surface area (Å²) in [6, 6.07) is 7.80. The van der Waals surface area contributed by atoms with Gasteiger partial charge in [0, 0.05) is 22.0 Å². The van der Waals surface area contributed by atoms with Gasteiger partial charge in [0.2, 0.25) is 11.8 Å². The minimum absolute atomic E-state index is 0.0843. The number of halogens is 4. The summed E-state index contributed by atoms with van der Waals surface area (Å²) in [5.41, 5.74) is 0.825. The second-order valence-corrected chi connectivity index (χ2v) is 14.8. The fourth-order valence-corrected chi connectivity index (χ4v) is 9.82. The summed E-state index contributed by atoms with van der Waals surface area (Å²) >= 11 is 18.2. The van der Waals surface area contributed by atoms with E-state index in [9.17, 15) is 28.7 Å². The predicted molar refractivity (Wildman–Crippen MR) is 168 cm³/mol. The molecule has 2 aromatic rings. The molecule has 2 saturated carbocycles. The molecule has 236 valence electrons. The van der Waals surface area contributed by atoms with Crippen LogP contribution in [0.4, 0.5) is 10.1 Å². The normalized spacial score (nSPS) is 33.2. The van der Waals surface area contributed by atoms with E-state index in [2.05, 4.69) is 15.9 Å². The van der Waals surface area contributed by atoms with Crippen molar-refractivity contribution in [1.82, 2.24) is 4.90 Å². The van der Waals surface area contributed by atoms with Gasteiger partial charge in [-0.05, 0) is 68.0 Å². The lowest BCUT2D eigenvalue weighted by atomic mass is 9.56. The van der Waals surface area contributed by atoms with Gasteiger partial charge in [-0.15, -0.1) is 23.2 Å². The summed E-state index contributed by atoms with van der Waals surface area (Å²) in [5, 5.41) is 11.5. The molecule has 12 heteroatoms. The Hall–Kier alpha value is -2.95. The third kappa shape index (κ3) is 4.20. The fraction of sp³-hybridized carbons (Fsp3) is 0.455. The predicted octanol–water partition coefficient (Wildman–Crippen LogP) is 6.20. The van der Waals surface area contributed by atoms with Crippen LogP contribution in [0.1, 0.15) is 56.4 Å². The van der Waals surface area contributed by atoms with E-state index in [1.165, 1.54) is 24.1 Å². The molecule has 6 atom stereocenters. The van der Waals surface area contributed by atoms with Gasteiger partial charge in [-0.1, -0.05) is 46.8 Å². The van der Waals surface area contributed by atoms with Crippen molar-refractivity contribution in [3.05, 3.63) is 63.9 Å². The number of methoxy groups -OCH3 is 1. The van der Waals surface area contributed by atoms with Gasteiger partial charge in [-0.3, -0.25) is 24.1 Å². The van der Waals surface area contributed by atoms with E-state index in [0.717, 1.165) is 49.1 Å². The number of carbonyl (C=O) groups is 4. The number of anilines is 1. The van der Waals surface area contributed by atoms with Crippen LogP contribution in [-0.4, -0.2) is 56.5 Å². The average Bonchev–Trinajstić information content (AvgIpc) is 3.37. The molecule has 1 N–H and O–H groups in total. The topological polar surface area (TPSA) is 104 Å². The van der Waals surface area contributed by atoms with E-state index in [0.29, 0.717) is 10.0 Å². The first-order valence-corrected chi connectivity index (χ1v) is 16.6. The lowest BCUT2D eigenvalue weighted by molar-refractivity contribution is -0.143. The standard InChI is InChI=1S/C33H30BrCl2FN2O6/c1-45-24-14-16(34)13-22(27(24)40)26-20-11-12-21-25(29(42)38(28(21)41)18-5-3-2-4-6-18)23(20)15-32(35)30(43)39(31(44)33(26,32)36)19-9-7-17(37)8-10-19/h7-11,13-14,18,21,23,25-26,40H,2-6,12,15H2,1H3/t21-,23+,25-,26+,32+,33-/m0/s1. The molecule has 2 aromatic carbocycles. The van der Waals surface area contributed by atoms with Crippen molar-refractivity contribution in [1.29, 1.82) is 0 Å². The number of allylic oxidation sites excluding steroid dienone is 2. The van der Waals surface area contributed by atoms with Crippen molar-refractivity contribution < 1.29 is 33.4 Å². The molecule has 3 aliphatic carbocycles. The van der Waals surface area contributed by atoms with Crippen LogP contribution in [-0.2, 0) is 19.2 Å². The molecule has 0 spiro atoms. The highest BCUT2D eigenvalue weighted by molar-refractivity contribution is 9.10. The van der Waals surface area contributed by atoms with Crippen LogP contribution in [0.25, 0.3) is 0 Å². The van der Waals surface area contributed by atoms with E-state index in [4.69, 9.17) is 27.9 Å². The number of alkyl halides is 2. The Labute approximate surface area is 277 Å². The van der Waals surface area contributed by atoms with Gasteiger partial charge in [-0.2, -0.15) is 0 Å². The van der Waals surface area contributed by atoms with Crippen LogP contribution in [0.15, 0.2) is 52.5 Å². The third-order valence-corrected chi connectivity index (χ3v) is 12.3. The van der Waals surface area contributed by atoms with Crippen LogP contribution in [0.2, 0.25) is 0 Å². The summed E-state index contributed by atoms with van der Waals surface area (Å²) in [4.78, 5) is 54.9. The SMILES string of the molecule is COc1cc(Br)cc([C@H]2C3=CC[C@@H]4C(=O)N(C5CCCCC5)C(=O)[C@@H]4[C@@H]3C[C@@]3(Cl)C(=O)N(c4ccc(F)cc4)C(=O)[C@@]23Cl)c1O. The van der Waals surface area contributed by atoms with E-state index < -0.39 is 51.1 Å². The lowest BCUT2D eigenvalue weighted by Gasteiger charge is -2.50. The molecule has 45 heavy (non-hydrogen) atoms. The highest BCUT2D eigenvalue weighted by Crippen LogP contribution is 2.67. The van der Waals surface area contributed by atoms with Crippen LogP contribution < -0.4 is 9.64 Å². The maximum Gasteiger partial charge on any atom is 0.258 e. The molecular formula is C33H30BrCl2FN2O6. The van der Waals surface area contributed by atoms with Crippen molar-refractivity contribution in [2.24, 2.45) is 17.8 Å². The highest BCUT2D eigenvalue weighted by atomic mass is 79.9. The van der Waals surface area contributed by atoms with Crippen molar-refractivity contribution in [3.63, 3.8) is 0 Å². The number of likely N-dealkylation sites (tertiary alicyclic amines) is 1. The zero-order chi connectivity index (χ0) is 32.0. The summed E-state index contributed by atoms with van der Waals surface area (Å²) in [6.07, 6.45) is 6.31. The molecule has 8 nitrogen and oxygen atoms in total. The van der Waals surface area contributed by atoms with Gasteiger partial charge in [0.05, 0.1) is 24.6 Å². The summed E-state index contributed by atoms with van der Waals surface area (Å²) in [7, 11) is 1.38. The van der Waals surface area contributed by atoms with Gasteiger partial charge in [0.25, 0.3) is 11.8 Å². The van der Waals surface area contributed by atoms with Crippen molar-refractivity contribution in [2.75, 3.05) is 12.0 Å². The fourth-order valence-electron chi connectivity index (χ4n) is 8.44. The highest BCUT2D eigenvalue weighted by Gasteiger charge is 2.77. The van der Waals surface area contributed by atoms with E-state index >= 15 is 0 Å². The van der Waals surface area contributed by atoms with Crippen LogP contribution in [0.3, 0.4) is 0 Å². The van der Waals surface area contributed by atoms with Gasteiger partial charge in [0.1, 0.15) is 5.82 Å². The van der Waals surface area contributed by atoms with E-state index in [1.807, 2.05) is 6.08 Å². The number of benzene rings is 2. The Balaban J connectivity index is 1.41.